The highest BCUT2D eigenvalue weighted by Gasteiger charge is 2.42. The summed E-state index contributed by atoms with van der Waals surface area (Å²) in [6.45, 7) is 4.41. The molecule has 2 N–H and O–H groups in total. The van der Waals surface area contributed by atoms with Crippen LogP contribution in [0.25, 0.3) is 0 Å². The summed E-state index contributed by atoms with van der Waals surface area (Å²) < 4.78 is 0. The molecule has 1 heteroatoms. The van der Waals surface area contributed by atoms with Crippen LogP contribution in [0.3, 0.4) is 0 Å². The molecule has 0 radical (unpaired) electrons. The standard InChI is InChI=1S/C13H19N/c1-10-3-5-11(6-4-10)9-12(14)13(2)7-8-13/h3-6,12H,7-9,14H2,1-2H3. The molecule has 1 aliphatic carbocycles. The van der Waals surface area contributed by atoms with Crippen molar-refractivity contribution in [2.45, 2.75) is 39.2 Å². The van der Waals surface area contributed by atoms with Gasteiger partial charge in [-0.05, 0) is 37.2 Å². The molecule has 1 nitrogen and oxygen atoms in total. The van der Waals surface area contributed by atoms with E-state index in [0.717, 1.165) is 6.42 Å². The highest BCUT2D eigenvalue weighted by molar-refractivity contribution is 5.22. The van der Waals surface area contributed by atoms with Crippen molar-refractivity contribution in [1.82, 2.24) is 0 Å². The number of rotatable bonds is 3. The van der Waals surface area contributed by atoms with E-state index < -0.39 is 0 Å². The van der Waals surface area contributed by atoms with Crippen LogP contribution in [0.1, 0.15) is 30.9 Å². The molecule has 0 amide bonds. The fourth-order valence-electron chi connectivity index (χ4n) is 1.79. The summed E-state index contributed by atoms with van der Waals surface area (Å²) in [6, 6.07) is 9.06. The lowest BCUT2D eigenvalue weighted by molar-refractivity contribution is 0.433. The molecule has 1 aromatic rings. The molecule has 1 saturated carbocycles. The quantitative estimate of drug-likeness (QED) is 0.777. The predicted octanol–water partition coefficient (Wildman–Crippen LogP) is 2.66. The summed E-state index contributed by atoms with van der Waals surface area (Å²) in [4.78, 5) is 0. The molecule has 14 heavy (non-hydrogen) atoms. The van der Waals surface area contributed by atoms with Gasteiger partial charge in [-0.3, -0.25) is 0 Å². The zero-order chi connectivity index (χ0) is 10.2. The van der Waals surface area contributed by atoms with Crippen LogP contribution in [0.5, 0.6) is 0 Å². The normalized spacial score (nSPS) is 20.5. The van der Waals surface area contributed by atoms with Crippen LogP contribution in [0, 0.1) is 12.3 Å². The molecule has 0 heterocycles. The molecule has 0 bridgehead atoms. The third-order valence-corrected chi connectivity index (χ3v) is 3.51. The number of nitrogens with two attached hydrogens (primary N) is 1. The third kappa shape index (κ3) is 1.98. The largest absolute Gasteiger partial charge is 0.327 e. The van der Waals surface area contributed by atoms with E-state index in [2.05, 4.69) is 38.1 Å². The first-order chi connectivity index (χ1) is 6.60. The minimum atomic E-state index is 0.338. The molecule has 1 aromatic carbocycles. The number of hydrogen-bond donors (Lipinski definition) is 1. The first kappa shape index (κ1) is 9.72. The zero-order valence-electron chi connectivity index (χ0n) is 9.09. The summed E-state index contributed by atoms with van der Waals surface area (Å²) in [7, 11) is 0. The van der Waals surface area contributed by atoms with E-state index in [9.17, 15) is 0 Å². The molecular formula is C13H19N. The first-order valence-corrected chi connectivity index (χ1v) is 5.41. The van der Waals surface area contributed by atoms with Crippen molar-refractivity contribution < 1.29 is 0 Å². The van der Waals surface area contributed by atoms with Crippen LogP contribution in [0.15, 0.2) is 24.3 Å². The van der Waals surface area contributed by atoms with Gasteiger partial charge >= 0.3 is 0 Å². The van der Waals surface area contributed by atoms with Crippen molar-refractivity contribution in [3.05, 3.63) is 35.4 Å². The van der Waals surface area contributed by atoms with E-state index in [0.29, 0.717) is 11.5 Å². The van der Waals surface area contributed by atoms with E-state index in [1.54, 1.807) is 0 Å². The summed E-state index contributed by atoms with van der Waals surface area (Å²) in [6.07, 6.45) is 3.64. The van der Waals surface area contributed by atoms with Gasteiger partial charge in [0.05, 0.1) is 0 Å². The SMILES string of the molecule is Cc1ccc(CC(N)C2(C)CC2)cc1. The lowest BCUT2D eigenvalue weighted by Gasteiger charge is -2.18. The van der Waals surface area contributed by atoms with E-state index >= 15 is 0 Å². The van der Waals surface area contributed by atoms with E-state index in [1.807, 2.05) is 0 Å². The van der Waals surface area contributed by atoms with Crippen LogP contribution in [0.4, 0.5) is 0 Å². The summed E-state index contributed by atoms with van der Waals surface area (Å²) in [5, 5.41) is 0. The van der Waals surface area contributed by atoms with Crippen molar-refractivity contribution in [2.24, 2.45) is 11.1 Å². The molecule has 1 fully saturated rings. The van der Waals surface area contributed by atoms with Gasteiger partial charge in [0.2, 0.25) is 0 Å². The van der Waals surface area contributed by atoms with Crippen LogP contribution >= 0.6 is 0 Å². The maximum absolute atomic E-state index is 6.18. The first-order valence-electron chi connectivity index (χ1n) is 5.41. The lowest BCUT2D eigenvalue weighted by atomic mass is 9.93. The number of benzene rings is 1. The second-order valence-corrected chi connectivity index (χ2v) is 4.95. The second-order valence-electron chi connectivity index (χ2n) is 4.95. The minimum Gasteiger partial charge on any atom is -0.327 e. The van der Waals surface area contributed by atoms with E-state index in [1.165, 1.54) is 24.0 Å². The van der Waals surface area contributed by atoms with Crippen LogP contribution in [-0.4, -0.2) is 6.04 Å². The topological polar surface area (TPSA) is 26.0 Å². The third-order valence-electron chi connectivity index (χ3n) is 3.51. The van der Waals surface area contributed by atoms with Crippen molar-refractivity contribution in [3.8, 4) is 0 Å². The van der Waals surface area contributed by atoms with Crippen molar-refractivity contribution >= 4 is 0 Å². The number of hydrogen-bond acceptors (Lipinski definition) is 1. The van der Waals surface area contributed by atoms with E-state index in [-0.39, 0.29) is 0 Å². The second kappa shape index (κ2) is 3.39. The molecule has 1 aliphatic rings. The monoisotopic (exact) mass is 189 g/mol. The van der Waals surface area contributed by atoms with Gasteiger partial charge in [0.1, 0.15) is 0 Å². The van der Waals surface area contributed by atoms with Gasteiger partial charge < -0.3 is 5.73 Å². The molecule has 0 saturated heterocycles. The van der Waals surface area contributed by atoms with Gasteiger partial charge in [0, 0.05) is 6.04 Å². The molecule has 1 unspecified atom stereocenters. The Bertz CT molecular complexity index is 309. The van der Waals surface area contributed by atoms with Crippen LogP contribution in [-0.2, 0) is 6.42 Å². The Labute approximate surface area is 86.3 Å². The Kier molecular flexibility index (Phi) is 2.36. The Morgan fingerprint density at radius 1 is 1.29 bits per heavy atom. The zero-order valence-corrected chi connectivity index (χ0v) is 9.09. The molecule has 0 spiro atoms. The van der Waals surface area contributed by atoms with Gasteiger partial charge in [-0.1, -0.05) is 36.8 Å². The highest BCUT2D eigenvalue weighted by Crippen LogP contribution is 2.48. The maximum atomic E-state index is 6.18. The summed E-state index contributed by atoms with van der Waals surface area (Å²) >= 11 is 0. The smallest absolute Gasteiger partial charge is 0.0133 e. The average Bonchev–Trinajstić information content (AvgIpc) is 2.89. The predicted molar refractivity (Wildman–Crippen MR) is 60.2 cm³/mol. The Morgan fingerprint density at radius 3 is 2.36 bits per heavy atom. The van der Waals surface area contributed by atoms with Gasteiger partial charge in [0.25, 0.3) is 0 Å². The molecule has 0 aliphatic heterocycles. The van der Waals surface area contributed by atoms with Crippen LogP contribution in [0.2, 0.25) is 0 Å². The number of aryl methyl sites for hydroxylation is 1. The minimum absolute atomic E-state index is 0.338. The molecule has 1 atom stereocenters. The molecule has 2 rings (SSSR count). The van der Waals surface area contributed by atoms with E-state index in [4.69, 9.17) is 5.73 Å². The van der Waals surface area contributed by atoms with Crippen LogP contribution < -0.4 is 5.73 Å². The molecular weight excluding hydrogens is 170 g/mol. The Balaban J connectivity index is 2.00. The Hall–Kier alpha value is -0.820. The van der Waals surface area contributed by atoms with Crippen molar-refractivity contribution in [2.75, 3.05) is 0 Å². The average molecular weight is 189 g/mol. The lowest BCUT2D eigenvalue weighted by Crippen LogP contribution is -2.31. The maximum Gasteiger partial charge on any atom is 0.0133 e. The van der Waals surface area contributed by atoms with Gasteiger partial charge in [-0.2, -0.15) is 0 Å². The fourth-order valence-corrected chi connectivity index (χ4v) is 1.79. The van der Waals surface area contributed by atoms with Gasteiger partial charge in [-0.15, -0.1) is 0 Å². The van der Waals surface area contributed by atoms with Gasteiger partial charge in [-0.25, -0.2) is 0 Å². The molecule has 76 valence electrons. The van der Waals surface area contributed by atoms with Crippen molar-refractivity contribution in [1.29, 1.82) is 0 Å². The summed E-state index contributed by atoms with van der Waals surface area (Å²) in [5.41, 5.74) is 9.31. The summed E-state index contributed by atoms with van der Waals surface area (Å²) in [5.74, 6) is 0. The molecule has 0 aromatic heterocycles. The Morgan fingerprint density at radius 2 is 1.86 bits per heavy atom. The highest BCUT2D eigenvalue weighted by atomic mass is 14.7. The fraction of sp³-hybridized carbons (Fsp3) is 0.538. The van der Waals surface area contributed by atoms with Crippen molar-refractivity contribution in [3.63, 3.8) is 0 Å². The van der Waals surface area contributed by atoms with Gasteiger partial charge in [0.15, 0.2) is 0 Å².